The number of carbonyl (C=O) groups is 2. The number of fused-ring (bicyclic) bond motifs is 1. The molecule has 2 amide bonds. The zero-order chi connectivity index (χ0) is 18.2. The molecule has 1 heterocycles. The lowest BCUT2D eigenvalue weighted by atomic mass is 9.95. The summed E-state index contributed by atoms with van der Waals surface area (Å²) in [5.74, 6) is 0.879. The Morgan fingerprint density at radius 2 is 2.16 bits per heavy atom. The van der Waals surface area contributed by atoms with E-state index in [0.29, 0.717) is 38.5 Å². The molecule has 0 spiro atoms. The van der Waals surface area contributed by atoms with Crippen molar-refractivity contribution in [2.75, 3.05) is 32.2 Å². The fourth-order valence-electron chi connectivity index (χ4n) is 2.80. The number of benzene rings is 1. The SMILES string of the molecule is COCCCNC(=O)C1COc2ccc(NC(=O)CC(C)C)cc2C1. The van der Waals surface area contributed by atoms with Gasteiger partial charge in [-0.3, -0.25) is 9.59 Å². The van der Waals surface area contributed by atoms with Crippen molar-refractivity contribution >= 4 is 17.5 Å². The van der Waals surface area contributed by atoms with Crippen LogP contribution in [0.25, 0.3) is 0 Å². The molecule has 1 atom stereocenters. The van der Waals surface area contributed by atoms with Gasteiger partial charge in [0, 0.05) is 32.4 Å². The van der Waals surface area contributed by atoms with Gasteiger partial charge < -0.3 is 20.1 Å². The van der Waals surface area contributed by atoms with Gasteiger partial charge in [-0.2, -0.15) is 0 Å². The van der Waals surface area contributed by atoms with Gasteiger partial charge in [0.2, 0.25) is 11.8 Å². The second-order valence-corrected chi connectivity index (χ2v) is 6.82. The molecular weight excluding hydrogens is 320 g/mol. The Morgan fingerprint density at radius 3 is 2.88 bits per heavy atom. The quantitative estimate of drug-likeness (QED) is 0.707. The fourth-order valence-corrected chi connectivity index (χ4v) is 2.80. The molecule has 1 unspecified atom stereocenters. The largest absolute Gasteiger partial charge is 0.492 e. The summed E-state index contributed by atoms with van der Waals surface area (Å²) in [6.07, 6.45) is 1.89. The minimum absolute atomic E-state index is 0.000820. The van der Waals surface area contributed by atoms with Crippen molar-refractivity contribution in [2.45, 2.75) is 33.1 Å². The number of anilines is 1. The molecule has 0 saturated carbocycles. The van der Waals surface area contributed by atoms with Crippen molar-refractivity contribution in [3.63, 3.8) is 0 Å². The first-order valence-electron chi connectivity index (χ1n) is 8.81. The third kappa shape index (κ3) is 6.05. The lowest BCUT2D eigenvalue weighted by Gasteiger charge is -2.25. The van der Waals surface area contributed by atoms with Crippen molar-refractivity contribution in [1.82, 2.24) is 5.32 Å². The van der Waals surface area contributed by atoms with Crippen LogP contribution in [0.5, 0.6) is 5.75 Å². The molecule has 2 N–H and O–H groups in total. The Hall–Kier alpha value is -2.08. The van der Waals surface area contributed by atoms with E-state index < -0.39 is 0 Å². The summed E-state index contributed by atoms with van der Waals surface area (Å²) in [4.78, 5) is 24.2. The summed E-state index contributed by atoms with van der Waals surface area (Å²) in [5, 5.41) is 5.82. The van der Waals surface area contributed by atoms with Gasteiger partial charge >= 0.3 is 0 Å². The predicted octanol–water partition coefficient (Wildman–Crippen LogP) is 2.37. The summed E-state index contributed by atoms with van der Waals surface area (Å²) in [5.41, 5.74) is 1.69. The number of rotatable bonds is 8. The van der Waals surface area contributed by atoms with Gasteiger partial charge in [0.15, 0.2) is 0 Å². The third-order valence-corrected chi connectivity index (χ3v) is 4.04. The van der Waals surface area contributed by atoms with Crippen LogP contribution in [0.4, 0.5) is 5.69 Å². The van der Waals surface area contributed by atoms with Gasteiger partial charge in [-0.05, 0) is 42.5 Å². The highest BCUT2D eigenvalue weighted by Gasteiger charge is 2.26. The van der Waals surface area contributed by atoms with Crippen molar-refractivity contribution in [2.24, 2.45) is 11.8 Å². The first-order chi connectivity index (χ1) is 12.0. The highest BCUT2D eigenvalue weighted by molar-refractivity contribution is 5.91. The summed E-state index contributed by atoms with van der Waals surface area (Å²) in [7, 11) is 1.64. The van der Waals surface area contributed by atoms with E-state index in [0.717, 1.165) is 23.4 Å². The fraction of sp³-hybridized carbons (Fsp3) is 0.579. The predicted molar refractivity (Wildman–Crippen MR) is 96.7 cm³/mol. The zero-order valence-corrected chi connectivity index (χ0v) is 15.3. The Kier molecular flexibility index (Phi) is 7.25. The summed E-state index contributed by atoms with van der Waals surface area (Å²) >= 11 is 0. The van der Waals surface area contributed by atoms with E-state index in [2.05, 4.69) is 10.6 Å². The Bertz CT molecular complexity index is 601. The van der Waals surface area contributed by atoms with Gasteiger partial charge in [0.1, 0.15) is 12.4 Å². The molecule has 25 heavy (non-hydrogen) atoms. The number of amides is 2. The first kappa shape index (κ1) is 19.2. The molecule has 2 rings (SSSR count). The number of methoxy groups -OCH3 is 1. The molecule has 1 aromatic carbocycles. The van der Waals surface area contributed by atoms with Crippen LogP contribution < -0.4 is 15.4 Å². The van der Waals surface area contributed by atoms with E-state index in [1.807, 2.05) is 32.0 Å². The van der Waals surface area contributed by atoms with Crippen LogP contribution in [0.3, 0.4) is 0 Å². The summed E-state index contributed by atoms with van der Waals surface area (Å²) < 4.78 is 10.7. The second kappa shape index (κ2) is 9.42. The average molecular weight is 348 g/mol. The maximum Gasteiger partial charge on any atom is 0.226 e. The Morgan fingerprint density at radius 1 is 1.36 bits per heavy atom. The molecule has 0 aromatic heterocycles. The molecule has 138 valence electrons. The van der Waals surface area contributed by atoms with E-state index in [9.17, 15) is 9.59 Å². The molecule has 1 aliphatic rings. The maximum absolute atomic E-state index is 12.3. The first-order valence-corrected chi connectivity index (χ1v) is 8.81. The minimum Gasteiger partial charge on any atom is -0.492 e. The summed E-state index contributed by atoms with van der Waals surface area (Å²) in [6, 6.07) is 5.59. The van der Waals surface area contributed by atoms with Crippen LogP contribution >= 0.6 is 0 Å². The Balaban J connectivity index is 1.93. The van der Waals surface area contributed by atoms with Crippen molar-refractivity contribution in [1.29, 1.82) is 0 Å². The minimum atomic E-state index is -0.211. The Labute approximate surface area is 149 Å². The van der Waals surface area contributed by atoms with Crippen molar-refractivity contribution < 1.29 is 19.1 Å². The lowest BCUT2D eigenvalue weighted by Crippen LogP contribution is -2.38. The molecule has 0 saturated heterocycles. The van der Waals surface area contributed by atoms with E-state index in [1.54, 1.807) is 7.11 Å². The van der Waals surface area contributed by atoms with Crippen LogP contribution in [-0.2, 0) is 20.7 Å². The highest BCUT2D eigenvalue weighted by atomic mass is 16.5. The summed E-state index contributed by atoms with van der Waals surface area (Å²) in [6.45, 7) is 5.62. The van der Waals surface area contributed by atoms with Gasteiger partial charge in [-0.25, -0.2) is 0 Å². The number of nitrogens with one attached hydrogen (secondary N) is 2. The van der Waals surface area contributed by atoms with Crippen LogP contribution in [0.15, 0.2) is 18.2 Å². The van der Waals surface area contributed by atoms with Crippen LogP contribution in [0, 0.1) is 11.8 Å². The molecule has 0 radical (unpaired) electrons. The van der Waals surface area contributed by atoms with E-state index in [-0.39, 0.29) is 17.7 Å². The van der Waals surface area contributed by atoms with Crippen LogP contribution in [-0.4, -0.2) is 38.7 Å². The molecular formula is C19H28N2O4. The van der Waals surface area contributed by atoms with Crippen LogP contribution in [0.2, 0.25) is 0 Å². The van der Waals surface area contributed by atoms with E-state index in [4.69, 9.17) is 9.47 Å². The molecule has 6 nitrogen and oxygen atoms in total. The zero-order valence-electron chi connectivity index (χ0n) is 15.3. The lowest BCUT2D eigenvalue weighted by molar-refractivity contribution is -0.126. The number of ether oxygens (including phenoxy) is 2. The van der Waals surface area contributed by atoms with E-state index in [1.165, 1.54) is 0 Å². The van der Waals surface area contributed by atoms with Gasteiger partial charge in [-0.1, -0.05) is 13.8 Å². The smallest absolute Gasteiger partial charge is 0.226 e. The van der Waals surface area contributed by atoms with Crippen LogP contribution in [0.1, 0.15) is 32.3 Å². The van der Waals surface area contributed by atoms with Gasteiger partial charge in [-0.15, -0.1) is 0 Å². The standard InChI is InChI=1S/C19H28N2O4/c1-13(2)9-18(22)21-16-5-6-17-14(11-16)10-15(12-25-17)19(23)20-7-4-8-24-3/h5-6,11,13,15H,4,7-10,12H2,1-3H3,(H,20,23)(H,21,22). The average Bonchev–Trinajstić information content (AvgIpc) is 2.57. The number of hydrogen-bond donors (Lipinski definition) is 2. The van der Waals surface area contributed by atoms with Crippen molar-refractivity contribution in [3.05, 3.63) is 23.8 Å². The molecule has 1 aliphatic heterocycles. The molecule has 0 bridgehead atoms. The molecule has 0 aliphatic carbocycles. The van der Waals surface area contributed by atoms with Gasteiger partial charge in [0.05, 0.1) is 5.92 Å². The monoisotopic (exact) mass is 348 g/mol. The molecule has 0 fully saturated rings. The maximum atomic E-state index is 12.3. The molecule has 6 heteroatoms. The third-order valence-electron chi connectivity index (χ3n) is 4.04. The normalized spacial score (nSPS) is 16.1. The van der Waals surface area contributed by atoms with E-state index >= 15 is 0 Å². The van der Waals surface area contributed by atoms with Gasteiger partial charge in [0.25, 0.3) is 0 Å². The number of hydrogen-bond acceptors (Lipinski definition) is 4. The molecule has 1 aromatic rings. The topological polar surface area (TPSA) is 76.7 Å². The second-order valence-electron chi connectivity index (χ2n) is 6.82. The highest BCUT2D eigenvalue weighted by Crippen LogP contribution is 2.30. The number of carbonyl (C=O) groups excluding carboxylic acids is 2. The van der Waals surface area contributed by atoms with Crippen molar-refractivity contribution in [3.8, 4) is 5.75 Å².